The molecule has 4 nitrogen and oxygen atoms in total. The van der Waals surface area contributed by atoms with Crippen molar-refractivity contribution in [2.75, 3.05) is 30.5 Å². The van der Waals surface area contributed by atoms with Crippen LogP contribution in [0.15, 0.2) is 18.2 Å². The maximum atomic E-state index is 11.0. The zero-order valence-electron chi connectivity index (χ0n) is 9.97. The van der Waals surface area contributed by atoms with Crippen LogP contribution in [0.2, 0.25) is 0 Å². The van der Waals surface area contributed by atoms with Gasteiger partial charge in [0, 0.05) is 25.5 Å². The van der Waals surface area contributed by atoms with Crippen molar-refractivity contribution in [3.8, 4) is 0 Å². The summed E-state index contributed by atoms with van der Waals surface area (Å²) in [6.45, 7) is 2.64. The van der Waals surface area contributed by atoms with Gasteiger partial charge < -0.3 is 4.90 Å². The predicted molar refractivity (Wildman–Crippen MR) is 66.6 cm³/mol. The highest BCUT2D eigenvalue weighted by Gasteiger charge is 2.05. The van der Waals surface area contributed by atoms with Crippen molar-refractivity contribution in [1.29, 1.82) is 0 Å². The number of nitrogens with zero attached hydrogens (tertiary/aromatic N) is 2. The first-order chi connectivity index (χ1) is 7.38. The molecule has 0 saturated carbocycles. The first-order valence-corrected chi connectivity index (χ1v) is 7.27. The molecular formula is C11H18N2O2S. The monoisotopic (exact) mass is 242 g/mol. The van der Waals surface area contributed by atoms with Crippen LogP contribution in [0.4, 0.5) is 5.82 Å². The van der Waals surface area contributed by atoms with Gasteiger partial charge >= 0.3 is 0 Å². The van der Waals surface area contributed by atoms with E-state index in [1.54, 1.807) is 0 Å². The molecule has 0 spiro atoms. The van der Waals surface area contributed by atoms with Crippen LogP contribution in [-0.2, 0) is 9.84 Å². The molecule has 90 valence electrons. The number of hydrogen-bond donors (Lipinski definition) is 0. The van der Waals surface area contributed by atoms with Gasteiger partial charge in [-0.3, -0.25) is 0 Å². The van der Waals surface area contributed by atoms with Crippen LogP contribution in [-0.4, -0.2) is 39.0 Å². The summed E-state index contributed by atoms with van der Waals surface area (Å²) in [4.78, 5) is 6.34. The molecular weight excluding hydrogens is 224 g/mol. The fraction of sp³-hybridized carbons (Fsp3) is 0.545. The molecule has 0 aliphatic heterocycles. The van der Waals surface area contributed by atoms with Gasteiger partial charge in [-0.2, -0.15) is 0 Å². The molecule has 0 radical (unpaired) electrons. The smallest absolute Gasteiger partial charge is 0.147 e. The molecule has 0 atom stereocenters. The average molecular weight is 242 g/mol. The van der Waals surface area contributed by atoms with E-state index in [1.165, 1.54) is 6.26 Å². The average Bonchev–Trinajstić information content (AvgIpc) is 2.15. The second-order valence-electron chi connectivity index (χ2n) is 4.04. The number of aromatic nitrogens is 1. The fourth-order valence-corrected chi connectivity index (χ4v) is 2.07. The van der Waals surface area contributed by atoms with Crippen molar-refractivity contribution in [1.82, 2.24) is 4.98 Å². The van der Waals surface area contributed by atoms with Crippen LogP contribution in [0.25, 0.3) is 0 Å². The van der Waals surface area contributed by atoms with Gasteiger partial charge in [-0.1, -0.05) is 6.07 Å². The van der Waals surface area contributed by atoms with Crippen LogP contribution < -0.4 is 4.90 Å². The summed E-state index contributed by atoms with van der Waals surface area (Å²) in [5, 5.41) is 0. The van der Waals surface area contributed by atoms with Crippen molar-refractivity contribution in [3.05, 3.63) is 23.9 Å². The molecule has 0 N–H and O–H groups in total. The van der Waals surface area contributed by atoms with E-state index in [9.17, 15) is 8.42 Å². The Kier molecular flexibility index (Phi) is 4.29. The van der Waals surface area contributed by atoms with Crippen molar-refractivity contribution in [3.63, 3.8) is 0 Å². The number of hydrogen-bond acceptors (Lipinski definition) is 4. The summed E-state index contributed by atoms with van der Waals surface area (Å²) in [7, 11) is -0.937. The summed E-state index contributed by atoms with van der Waals surface area (Å²) in [5.41, 5.74) is 0.965. The minimum Gasteiger partial charge on any atom is -0.360 e. The molecule has 0 amide bonds. The molecule has 0 bridgehead atoms. The third kappa shape index (κ3) is 4.61. The van der Waals surface area contributed by atoms with Crippen LogP contribution >= 0.6 is 0 Å². The summed E-state index contributed by atoms with van der Waals surface area (Å²) in [5.74, 6) is 1.11. The first-order valence-electron chi connectivity index (χ1n) is 5.21. The van der Waals surface area contributed by atoms with E-state index < -0.39 is 9.84 Å². The largest absolute Gasteiger partial charge is 0.360 e. The molecule has 1 aromatic heterocycles. The molecule has 0 aromatic carbocycles. The normalized spacial score (nSPS) is 11.4. The Hall–Kier alpha value is -1.10. The Morgan fingerprint density at radius 2 is 2.06 bits per heavy atom. The lowest BCUT2D eigenvalue weighted by molar-refractivity contribution is 0.599. The molecule has 0 fully saturated rings. The molecule has 0 saturated heterocycles. The van der Waals surface area contributed by atoms with E-state index in [2.05, 4.69) is 4.98 Å². The van der Waals surface area contributed by atoms with E-state index in [0.29, 0.717) is 13.0 Å². The Morgan fingerprint density at radius 1 is 1.38 bits per heavy atom. The van der Waals surface area contributed by atoms with E-state index >= 15 is 0 Å². The van der Waals surface area contributed by atoms with E-state index in [-0.39, 0.29) is 5.75 Å². The number of aryl methyl sites for hydroxylation is 1. The van der Waals surface area contributed by atoms with Gasteiger partial charge in [0.05, 0.1) is 5.75 Å². The molecule has 0 aliphatic rings. The van der Waals surface area contributed by atoms with Gasteiger partial charge in [-0.15, -0.1) is 0 Å². The second kappa shape index (κ2) is 5.30. The Balaban J connectivity index is 2.50. The molecule has 1 heterocycles. The summed E-state index contributed by atoms with van der Waals surface area (Å²) in [6, 6.07) is 5.81. The fourth-order valence-electron chi connectivity index (χ4n) is 1.42. The summed E-state index contributed by atoms with van der Waals surface area (Å²) >= 11 is 0. The SMILES string of the molecule is Cc1cccc(N(C)CCCS(C)(=O)=O)n1. The molecule has 0 unspecified atom stereocenters. The minimum absolute atomic E-state index is 0.225. The second-order valence-corrected chi connectivity index (χ2v) is 6.30. The molecule has 0 aliphatic carbocycles. The van der Waals surface area contributed by atoms with Gasteiger partial charge in [0.2, 0.25) is 0 Å². The predicted octanol–water partition coefficient (Wildman–Crippen LogP) is 1.26. The maximum Gasteiger partial charge on any atom is 0.147 e. The highest BCUT2D eigenvalue weighted by atomic mass is 32.2. The van der Waals surface area contributed by atoms with E-state index in [4.69, 9.17) is 0 Å². The van der Waals surface area contributed by atoms with E-state index in [0.717, 1.165) is 11.5 Å². The van der Waals surface area contributed by atoms with Crippen molar-refractivity contribution < 1.29 is 8.42 Å². The third-order valence-electron chi connectivity index (χ3n) is 2.27. The minimum atomic E-state index is -2.86. The van der Waals surface area contributed by atoms with Gasteiger partial charge in [-0.05, 0) is 25.5 Å². The number of rotatable bonds is 5. The number of sulfone groups is 1. The van der Waals surface area contributed by atoms with Gasteiger partial charge in [-0.25, -0.2) is 13.4 Å². The quantitative estimate of drug-likeness (QED) is 0.780. The highest BCUT2D eigenvalue weighted by Crippen LogP contribution is 2.09. The first kappa shape index (κ1) is 13.0. The Morgan fingerprint density at radius 3 is 2.62 bits per heavy atom. The number of anilines is 1. The van der Waals surface area contributed by atoms with Crippen LogP contribution in [0, 0.1) is 6.92 Å². The van der Waals surface area contributed by atoms with Crippen molar-refractivity contribution in [2.24, 2.45) is 0 Å². The Bertz CT molecular complexity index is 443. The highest BCUT2D eigenvalue weighted by molar-refractivity contribution is 7.90. The van der Waals surface area contributed by atoms with Crippen molar-refractivity contribution in [2.45, 2.75) is 13.3 Å². The van der Waals surface area contributed by atoms with Crippen LogP contribution in [0.5, 0.6) is 0 Å². The summed E-state index contributed by atoms with van der Waals surface area (Å²) in [6.07, 6.45) is 1.89. The lowest BCUT2D eigenvalue weighted by Gasteiger charge is -2.17. The lowest BCUT2D eigenvalue weighted by atomic mass is 10.3. The topological polar surface area (TPSA) is 50.3 Å². The molecule has 1 aromatic rings. The number of pyridine rings is 1. The van der Waals surface area contributed by atoms with E-state index in [1.807, 2.05) is 37.1 Å². The van der Waals surface area contributed by atoms with Crippen LogP contribution in [0.1, 0.15) is 12.1 Å². The lowest BCUT2D eigenvalue weighted by Crippen LogP contribution is -2.22. The molecule has 16 heavy (non-hydrogen) atoms. The summed E-state index contributed by atoms with van der Waals surface area (Å²) < 4.78 is 21.9. The van der Waals surface area contributed by atoms with Crippen LogP contribution in [0.3, 0.4) is 0 Å². The van der Waals surface area contributed by atoms with Gasteiger partial charge in [0.1, 0.15) is 15.7 Å². The standard InChI is InChI=1S/C11H18N2O2S/c1-10-6-4-7-11(12-10)13(2)8-5-9-16(3,14)15/h4,6-7H,5,8-9H2,1-3H3. The maximum absolute atomic E-state index is 11.0. The Labute approximate surface area is 97.2 Å². The van der Waals surface area contributed by atoms with Crippen molar-refractivity contribution >= 4 is 15.7 Å². The third-order valence-corrected chi connectivity index (χ3v) is 3.30. The molecule has 1 rings (SSSR count). The molecule has 5 heteroatoms. The van der Waals surface area contributed by atoms with Gasteiger partial charge in [0.25, 0.3) is 0 Å². The van der Waals surface area contributed by atoms with Gasteiger partial charge in [0.15, 0.2) is 0 Å². The zero-order valence-corrected chi connectivity index (χ0v) is 10.8. The zero-order chi connectivity index (χ0) is 12.2.